The molecule has 75 valence electrons. The van der Waals surface area contributed by atoms with Gasteiger partial charge in [0.05, 0.1) is 0 Å². The van der Waals surface area contributed by atoms with Gasteiger partial charge in [-0.1, -0.05) is 12.1 Å². The topological polar surface area (TPSA) is 37.0 Å². The molecule has 0 saturated heterocycles. The molecule has 1 radical (unpaired) electrons. The normalized spacial score (nSPS) is 10.2. The van der Waals surface area contributed by atoms with Gasteiger partial charge in [-0.15, -0.1) is 0 Å². The first-order valence-electron chi connectivity index (χ1n) is 4.77. The van der Waals surface area contributed by atoms with Crippen LogP contribution in [0.2, 0.25) is 0 Å². The minimum atomic E-state index is 0.108. The summed E-state index contributed by atoms with van der Waals surface area (Å²) in [5, 5.41) is 11.4. The van der Waals surface area contributed by atoms with E-state index in [1.54, 1.807) is 6.92 Å². The van der Waals surface area contributed by atoms with Gasteiger partial charge in [-0.05, 0) is 43.9 Å². The van der Waals surface area contributed by atoms with E-state index in [0.29, 0.717) is 6.42 Å². The van der Waals surface area contributed by atoms with Gasteiger partial charge in [-0.2, -0.15) is 0 Å². The van der Waals surface area contributed by atoms with Crippen molar-refractivity contribution >= 4 is 5.78 Å². The zero-order valence-electron chi connectivity index (χ0n) is 8.89. The van der Waals surface area contributed by atoms with Crippen LogP contribution in [0.5, 0.6) is 5.75 Å². The molecule has 0 aliphatic rings. The monoisotopic (exact) mass is 191 g/mol. The highest BCUT2D eigenvalue weighted by Crippen LogP contribution is 2.24. The summed E-state index contributed by atoms with van der Waals surface area (Å²) in [6.07, 6.45) is 1.29. The van der Waals surface area contributed by atoms with Crippen LogP contribution in [0, 0.1) is 13.8 Å². The van der Waals surface area contributed by atoms with Crippen molar-refractivity contribution in [2.75, 3.05) is 0 Å². The molecule has 0 aliphatic carbocycles. The van der Waals surface area contributed by atoms with Gasteiger partial charge >= 0.3 is 0 Å². The van der Waals surface area contributed by atoms with Crippen molar-refractivity contribution in [3.63, 3.8) is 0 Å². The molecule has 0 bridgehead atoms. The van der Waals surface area contributed by atoms with Crippen LogP contribution in [0.15, 0.2) is 12.1 Å². The molecular formula is C12H15O2. The molecule has 1 aromatic carbocycles. The van der Waals surface area contributed by atoms with E-state index in [1.165, 1.54) is 0 Å². The molecule has 0 saturated carbocycles. The van der Waals surface area contributed by atoms with Crippen LogP contribution in [-0.2, 0) is 16.3 Å². The van der Waals surface area contributed by atoms with E-state index in [-0.39, 0.29) is 11.5 Å². The highest BCUT2D eigenvalue weighted by atomic mass is 16.3. The van der Waals surface area contributed by atoms with Crippen molar-refractivity contribution in [3.8, 4) is 5.75 Å². The minimum Gasteiger partial charge on any atom is -0.300 e. The molecular weight excluding hydrogens is 176 g/mol. The second-order valence-corrected chi connectivity index (χ2v) is 3.76. The Kier molecular flexibility index (Phi) is 3.28. The van der Waals surface area contributed by atoms with Gasteiger partial charge < -0.3 is 4.79 Å². The quantitative estimate of drug-likeness (QED) is 0.723. The van der Waals surface area contributed by atoms with Crippen LogP contribution in [0.3, 0.4) is 0 Å². The fraction of sp³-hybridized carbons (Fsp3) is 0.417. The summed E-state index contributed by atoms with van der Waals surface area (Å²) in [5.74, 6) is 0.295. The first kappa shape index (κ1) is 10.8. The number of hydrogen-bond donors (Lipinski definition) is 0. The zero-order valence-corrected chi connectivity index (χ0v) is 8.89. The number of aryl methyl sites for hydroxylation is 3. The first-order valence-corrected chi connectivity index (χ1v) is 4.77. The largest absolute Gasteiger partial charge is 0.300 e. The maximum absolute atomic E-state index is 11.4. The maximum Gasteiger partial charge on any atom is 0.184 e. The van der Waals surface area contributed by atoms with Crippen molar-refractivity contribution in [2.45, 2.75) is 33.6 Å². The van der Waals surface area contributed by atoms with Crippen LogP contribution < -0.4 is 0 Å². The third-order valence-corrected chi connectivity index (χ3v) is 2.29. The van der Waals surface area contributed by atoms with Crippen molar-refractivity contribution in [2.24, 2.45) is 0 Å². The third kappa shape index (κ3) is 2.59. The van der Waals surface area contributed by atoms with Crippen LogP contribution in [-0.4, -0.2) is 5.78 Å². The summed E-state index contributed by atoms with van der Waals surface area (Å²) >= 11 is 0. The Labute approximate surface area is 84.6 Å². The Morgan fingerprint density at radius 1 is 1.21 bits per heavy atom. The average molecular weight is 191 g/mol. The minimum absolute atomic E-state index is 0.108. The Hall–Kier alpha value is -1.31. The second kappa shape index (κ2) is 4.27. The second-order valence-electron chi connectivity index (χ2n) is 3.76. The summed E-state index contributed by atoms with van der Waals surface area (Å²) in [5.41, 5.74) is 2.61. The number of benzene rings is 1. The average Bonchev–Trinajstić information content (AvgIpc) is 2.10. The molecule has 14 heavy (non-hydrogen) atoms. The van der Waals surface area contributed by atoms with Crippen LogP contribution >= 0.6 is 0 Å². The van der Waals surface area contributed by atoms with E-state index in [2.05, 4.69) is 0 Å². The molecule has 0 aromatic heterocycles. The highest BCUT2D eigenvalue weighted by Gasteiger charge is 2.05. The van der Waals surface area contributed by atoms with Crippen LogP contribution in [0.1, 0.15) is 30.0 Å². The molecule has 1 aromatic rings. The molecule has 0 fully saturated rings. The summed E-state index contributed by atoms with van der Waals surface area (Å²) in [4.78, 5) is 10.8. The van der Waals surface area contributed by atoms with Gasteiger partial charge in [0.1, 0.15) is 5.78 Å². The summed E-state index contributed by atoms with van der Waals surface area (Å²) in [7, 11) is 0. The number of carbonyl (C=O) groups is 1. The van der Waals surface area contributed by atoms with Crippen molar-refractivity contribution in [1.82, 2.24) is 0 Å². The van der Waals surface area contributed by atoms with Crippen LogP contribution in [0.25, 0.3) is 0 Å². The zero-order chi connectivity index (χ0) is 10.7. The Balaban J connectivity index is 2.84. The number of hydrogen-bond acceptors (Lipinski definition) is 1. The van der Waals surface area contributed by atoms with E-state index in [0.717, 1.165) is 23.1 Å². The van der Waals surface area contributed by atoms with Gasteiger partial charge in [-0.25, -0.2) is 0 Å². The van der Waals surface area contributed by atoms with E-state index in [9.17, 15) is 9.90 Å². The molecule has 0 N–H and O–H groups in total. The molecule has 0 aliphatic heterocycles. The number of Topliss-reactive ketones (excluding diaryl/α,β-unsaturated/α-hetero) is 1. The van der Waals surface area contributed by atoms with Crippen molar-refractivity contribution in [3.05, 3.63) is 28.8 Å². The Morgan fingerprint density at radius 2 is 1.71 bits per heavy atom. The molecule has 1 rings (SSSR count). The van der Waals surface area contributed by atoms with Crippen molar-refractivity contribution < 1.29 is 9.90 Å². The Morgan fingerprint density at radius 3 is 2.14 bits per heavy atom. The number of ketones is 1. The van der Waals surface area contributed by atoms with Gasteiger partial charge in [-0.3, -0.25) is 5.11 Å². The number of carbonyl (C=O) groups excluding carboxylic acids is 1. The molecule has 0 amide bonds. The standard InChI is InChI=1S/C12H15O2/c1-8-6-11(5-4-10(3)13)7-9(2)12(8)14/h6-7H,4-5H2,1-3H3. The molecule has 2 heteroatoms. The fourth-order valence-corrected chi connectivity index (χ4v) is 1.50. The lowest BCUT2D eigenvalue weighted by molar-refractivity contribution is -0.116. The fourth-order valence-electron chi connectivity index (χ4n) is 1.50. The van der Waals surface area contributed by atoms with Crippen LogP contribution in [0.4, 0.5) is 0 Å². The maximum atomic E-state index is 11.4. The third-order valence-electron chi connectivity index (χ3n) is 2.29. The summed E-state index contributed by atoms with van der Waals surface area (Å²) in [6.45, 7) is 5.21. The molecule has 0 atom stereocenters. The molecule has 0 heterocycles. The molecule has 2 nitrogen and oxygen atoms in total. The first-order chi connectivity index (χ1) is 6.50. The smallest absolute Gasteiger partial charge is 0.184 e. The van der Waals surface area contributed by atoms with E-state index >= 15 is 0 Å². The van der Waals surface area contributed by atoms with E-state index in [1.807, 2.05) is 26.0 Å². The highest BCUT2D eigenvalue weighted by molar-refractivity contribution is 5.75. The van der Waals surface area contributed by atoms with Gasteiger partial charge in [0.2, 0.25) is 0 Å². The molecule has 0 unspecified atom stereocenters. The van der Waals surface area contributed by atoms with E-state index < -0.39 is 0 Å². The number of rotatable bonds is 3. The van der Waals surface area contributed by atoms with Gasteiger partial charge in [0.15, 0.2) is 5.75 Å². The summed E-state index contributed by atoms with van der Waals surface area (Å²) in [6, 6.07) is 3.75. The van der Waals surface area contributed by atoms with Gasteiger partial charge in [0.25, 0.3) is 0 Å². The molecule has 0 spiro atoms. The lowest BCUT2D eigenvalue weighted by atomic mass is 10.0. The van der Waals surface area contributed by atoms with Gasteiger partial charge in [0, 0.05) is 6.42 Å². The predicted octanol–water partition coefficient (Wildman–Crippen LogP) is 2.97. The lowest BCUT2D eigenvalue weighted by Crippen LogP contribution is -1.95. The van der Waals surface area contributed by atoms with Crippen molar-refractivity contribution in [1.29, 1.82) is 0 Å². The van der Waals surface area contributed by atoms with E-state index in [4.69, 9.17) is 0 Å². The SMILES string of the molecule is CC(=O)CCc1cc(C)c([O])c(C)c1. The lowest BCUT2D eigenvalue weighted by Gasteiger charge is -2.04. The Bertz CT molecular complexity index is 330. The predicted molar refractivity (Wildman–Crippen MR) is 55.1 cm³/mol. The summed E-state index contributed by atoms with van der Waals surface area (Å²) < 4.78 is 0.